The third kappa shape index (κ3) is 9.89. The van der Waals surface area contributed by atoms with E-state index in [-0.39, 0.29) is 0 Å². The summed E-state index contributed by atoms with van der Waals surface area (Å²) in [7, 11) is -1.88. The van der Waals surface area contributed by atoms with Gasteiger partial charge in [0.2, 0.25) is 0 Å². The van der Waals surface area contributed by atoms with Gasteiger partial charge in [-0.05, 0) is 18.3 Å². The molecule has 0 aliphatic heterocycles. The maximum Gasteiger partial charge on any atom is 0.0882 e. The maximum absolute atomic E-state index is 12.9. The highest BCUT2D eigenvalue weighted by Gasteiger charge is 2.23. The Morgan fingerprint density at radius 3 is 1.71 bits per heavy atom. The largest absolute Gasteiger partial charge is 0.324 e. The van der Waals surface area contributed by atoms with Crippen LogP contribution in [0.1, 0.15) is 66.7 Å². The van der Waals surface area contributed by atoms with Crippen LogP contribution in [0.15, 0.2) is 0 Å². The van der Waals surface area contributed by atoms with Crippen molar-refractivity contribution < 1.29 is 4.57 Å². The van der Waals surface area contributed by atoms with Crippen molar-refractivity contribution in [3.63, 3.8) is 0 Å². The van der Waals surface area contributed by atoms with E-state index in [1.807, 2.05) is 0 Å². The van der Waals surface area contributed by atoms with Crippen molar-refractivity contribution >= 4 is 7.14 Å². The molecule has 0 aromatic rings. The van der Waals surface area contributed by atoms with Gasteiger partial charge in [-0.25, -0.2) is 0 Å². The molecule has 0 spiro atoms. The second kappa shape index (κ2) is 9.20. The third-order valence-electron chi connectivity index (χ3n) is 3.06. The number of unbranched alkanes of at least 4 members (excludes halogenated alkanes) is 4. The van der Waals surface area contributed by atoms with E-state index in [0.717, 1.165) is 18.5 Å². The molecule has 0 radical (unpaired) electrons. The molecule has 0 aliphatic carbocycles. The Kier molecular flexibility index (Phi) is 9.32. The van der Waals surface area contributed by atoms with E-state index in [0.29, 0.717) is 11.8 Å². The first-order chi connectivity index (χ1) is 7.89. The van der Waals surface area contributed by atoms with Crippen molar-refractivity contribution in [3.05, 3.63) is 0 Å². The third-order valence-corrected chi connectivity index (χ3v) is 6.99. The van der Waals surface area contributed by atoms with E-state index in [9.17, 15) is 4.57 Å². The van der Waals surface area contributed by atoms with Crippen LogP contribution in [0.2, 0.25) is 0 Å². The van der Waals surface area contributed by atoms with Gasteiger partial charge in [-0.1, -0.05) is 60.3 Å². The molecule has 104 valence electrons. The standard InChI is InChI=1S/C15H33OP/c1-6-7-8-9-10-11-17(16,12-14(2)3)13-15(4)5/h14-15H,6-13H2,1-5H3/i17+1. The van der Waals surface area contributed by atoms with Gasteiger partial charge in [-0.3, -0.25) is 0 Å². The summed E-state index contributed by atoms with van der Waals surface area (Å²) >= 11 is 0. The lowest BCUT2D eigenvalue weighted by atomic mass is 10.2. The van der Waals surface area contributed by atoms with Crippen LogP contribution in [0.3, 0.4) is 0 Å². The van der Waals surface area contributed by atoms with E-state index in [4.69, 9.17) is 0 Å². The van der Waals surface area contributed by atoms with Crippen molar-refractivity contribution in [2.45, 2.75) is 66.7 Å². The highest BCUT2D eigenvalue weighted by Crippen LogP contribution is 2.49. The highest BCUT2D eigenvalue weighted by molar-refractivity contribution is 7.63. The minimum absolute atomic E-state index is 0.579. The first kappa shape index (κ1) is 17.2. The molecular formula is C15H33OP. The summed E-state index contributed by atoms with van der Waals surface area (Å²) in [6.07, 6.45) is 9.30. The highest BCUT2D eigenvalue weighted by atomic mass is 32.2. The summed E-state index contributed by atoms with van der Waals surface area (Å²) < 4.78 is 12.9. The lowest BCUT2D eigenvalue weighted by Gasteiger charge is -2.22. The predicted octanol–water partition coefficient (Wildman–Crippen LogP) is 5.63. The molecule has 17 heavy (non-hydrogen) atoms. The summed E-state index contributed by atoms with van der Waals surface area (Å²) in [6.45, 7) is 11.0. The van der Waals surface area contributed by atoms with Gasteiger partial charge in [0.25, 0.3) is 0 Å². The van der Waals surface area contributed by atoms with Crippen LogP contribution in [0.25, 0.3) is 0 Å². The summed E-state index contributed by atoms with van der Waals surface area (Å²) in [5, 5.41) is 0. The first-order valence-corrected chi connectivity index (χ1v) is 9.73. The molecule has 1 nitrogen and oxygen atoms in total. The second-order valence-corrected chi connectivity index (χ2v) is 9.64. The zero-order chi connectivity index (χ0) is 13.3. The molecule has 0 heterocycles. The fourth-order valence-electron chi connectivity index (χ4n) is 2.59. The van der Waals surface area contributed by atoms with Gasteiger partial charge >= 0.3 is 0 Å². The molecule has 0 rings (SSSR count). The van der Waals surface area contributed by atoms with Crippen molar-refractivity contribution in [2.75, 3.05) is 18.5 Å². The lowest BCUT2D eigenvalue weighted by molar-refractivity contribution is 0.550. The van der Waals surface area contributed by atoms with E-state index in [1.54, 1.807) is 0 Å². The summed E-state index contributed by atoms with van der Waals surface area (Å²) in [4.78, 5) is 0. The normalized spacial score (nSPS) is 12.6. The smallest absolute Gasteiger partial charge is 0.0882 e. The van der Waals surface area contributed by atoms with Gasteiger partial charge in [0, 0.05) is 18.5 Å². The lowest BCUT2D eigenvalue weighted by Crippen LogP contribution is -2.09. The molecule has 0 atom stereocenters. The zero-order valence-corrected chi connectivity index (χ0v) is 13.6. The zero-order valence-electron chi connectivity index (χ0n) is 12.7. The minimum atomic E-state index is -1.88. The van der Waals surface area contributed by atoms with Crippen LogP contribution >= 0.6 is 7.14 Å². The van der Waals surface area contributed by atoms with Gasteiger partial charge < -0.3 is 4.57 Å². The molecule has 0 aromatic carbocycles. The molecule has 2 heteroatoms. The average molecular weight is 261 g/mol. The van der Waals surface area contributed by atoms with Crippen molar-refractivity contribution in [1.29, 1.82) is 0 Å². The first-order valence-electron chi connectivity index (χ1n) is 7.46. The fraction of sp³-hybridized carbons (Fsp3) is 1.00. The Morgan fingerprint density at radius 2 is 1.29 bits per heavy atom. The van der Waals surface area contributed by atoms with E-state index < -0.39 is 7.14 Å². The predicted molar refractivity (Wildman–Crippen MR) is 80.6 cm³/mol. The molecule has 0 fully saturated rings. The van der Waals surface area contributed by atoms with E-state index >= 15 is 0 Å². The molecule has 0 unspecified atom stereocenters. The number of hydrogen-bond acceptors (Lipinski definition) is 1. The van der Waals surface area contributed by atoms with Crippen LogP contribution in [-0.2, 0) is 4.57 Å². The topological polar surface area (TPSA) is 17.1 Å². The summed E-state index contributed by atoms with van der Waals surface area (Å²) in [5.74, 6) is 1.16. The maximum atomic E-state index is 12.9. The second-order valence-electron chi connectivity index (χ2n) is 6.35. The van der Waals surface area contributed by atoms with Gasteiger partial charge in [0.05, 0.1) is 7.14 Å². The van der Waals surface area contributed by atoms with Crippen LogP contribution in [0, 0.1) is 11.8 Å². The molecule has 0 aromatic heterocycles. The number of rotatable bonds is 10. The van der Waals surface area contributed by atoms with Crippen LogP contribution in [0.5, 0.6) is 0 Å². The van der Waals surface area contributed by atoms with Gasteiger partial charge in [-0.15, -0.1) is 0 Å². The molecular weight excluding hydrogens is 228 g/mol. The minimum Gasteiger partial charge on any atom is -0.324 e. The molecule has 0 aliphatic rings. The molecule has 0 saturated heterocycles. The van der Waals surface area contributed by atoms with Gasteiger partial charge in [0.1, 0.15) is 0 Å². The quantitative estimate of drug-likeness (QED) is 0.368. The summed E-state index contributed by atoms with van der Waals surface area (Å²) in [6, 6.07) is 0. The van der Waals surface area contributed by atoms with Crippen LogP contribution in [0.4, 0.5) is 0 Å². The van der Waals surface area contributed by atoms with E-state index in [2.05, 4.69) is 34.6 Å². The number of hydrogen-bond donors (Lipinski definition) is 0. The summed E-state index contributed by atoms with van der Waals surface area (Å²) in [5.41, 5.74) is 0. The average Bonchev–Trinajstić information content (AvgIpc) is 2.14. The molecule has 0 bridgehead atoms. The van der Waals surface area contributed by atoms with Crippen molar-refractivity contribution in [3.8, 4) is 0 Å². The van der Waals surface area contributed by atoms with Gasteiger partial charge in [-0.2, -0.15) is 0 Å². The van der Waals surface area contributed by atoms with E-state index in [1.165, 1.54) is 32.1 Å². The monoisotopic (exact) mass is 261 g/mol. The molecule has 0 N–H and O–H groups in total. The molecule has 0 amide bonds. The van der Waals surface area contributed by atoms with Crippen molar-refractivity contribution in [1.82, 2.24) is 0 Å². The van der Waals surface area contributed by atoms with Crippen molar-refractivity contribution in [2.24, 2.45) is 11.8 Å². The Hall–Kier alpha value is 0.230. The molecule has 0 saturated carbocycles. The Labute approximate surface area is 109 Å². The Morgan fingerprint density at radius 1 is 0.824 bits per heavy atom. The van der Waals surface area contributed by atoms with Crippen LogP contribution < -0.4 is 0 Å². The Balaban J connectivity index is 4.06. The SMILES string of the molecule is CCCCCCC[32P](=O)(CC(C)C)CC(C)C. The Bertz CT molecular complexity index is 207. The van der Waals surface area contributed by atoms with Crippen LogP contribution in [-0.4, -0.2) is 18.5 Å². The fourth-order valence-corrected chi connectivity index (χ4v) is 6.57. The van der Waals surface area contributed by atoms with Gasteiger partial charge in [0.15, 0.2) is 0 Å².